The van der Waals surface area contributed by atoms with E-state index in [1.165, 1.54) is 0 Å². The van der Waals surface area contributed by atoms with E-state index in [1.54, 1.807) is 32.4 Å². The molecule has 0 saturated heterocycles. The molecule has 0 aliphatic carbocycles. The van der Waals surface area contributed by atoms with Crippen molar-refractivity contribution in [1.29, 1.82) is 0 Å². The van der Waals surface area contributed by atoms with Crippen LogP contribution in [0.2, 0.25) is 0 Å². The fraction of sp³-hybridized carbons (Fsp3) is 0.167. The highest BCUT2D eigenvalue weighted by atomic mass is 16.5. The van der Waals surface area contributed by atoms with Gasteiger partial charge in [0.1, 0.15) is 11.5 Å². The number of carbonyl (C=O) groups excluding carboxylic acids is 1. The van der Waals surface area contributed by atoms with Gasteiger partial charge in [-0.25, -0.2) is 0 Å². The monoisotopic (exact) mass is 282 g/mol. The van der Waals surface area contributed by atoms with Gasteiger partial charge in [0.15, 0.2) is 5.78 Å². The number of methoxy groups -OCH3 is 2. The van der Waals surface area contributed by atoms with E-state index in [0.29, 0.717) is 17.1 Å². The van der Waals surface area contributed by atoms with Gasteiger partial charge in [0, 0.05) is 11.6 Å². The van der Waals surface area contributed by atoms with Crippen molar-refractivity contribution in [3.63, 3.8) is 0 Å². The second-order valence-electron chi connectivity index (χ2n) is 4.71. The van der Waals surface area contributed by atoms with Crippen LogP contribution in [0, 0.1) is 6.92 Å². The van der Waals surface area contributed by atoms with E-state index in [0.717, 1.165) is 11.1 Å². The quantitative estimate of drug-likeness (QED) is 0.616. The molecule has 0 N–H and O–H groups in total. The molecule has 0 fully saturated rings. The Morgan fingerprint density at radius 1 is 0.952 bits per heavy atom. The van der Waals surface area contributed by atoms with Crippen LogP contribution in [0.4, 0.5) is 0 Å². The van der Waals surface area contributed by atoms with Crippen molar-refractivity contribution in [1.82, 2.24) is 0 Å². The molecule has 0 bridgehead atoms. The van der Waals surface area contributed by atoms with Crippen LogP contribution < -0.4 is 9.47 Å². The number of benzene rings is 2. The predicted octanol–water partition coefficient (Wildman–Crippen LogP) is 3.91. The molecule has 0 spiro atoms. The molecule has 0 atom stereocenters. The lowest BCUT2D eigenvalue weighted by molar-refractivity contribution is 0.104. The number of aryl methyl sites for hydroxylation is 1. The Balaban J connectivity index is 2.20. The summed E-state index contributed by atoms with van der Waals surface area (Å²) in [6, 6.07) is 13.0. The van der Waals surface area contributed by atoms with Gasteiger partial charge in [-0.15, -0.1) is 0 Å². The van der Waals surface area contributed by atoms with Crippen molar-refractivity contribution in [2.45, 2.75) is 6.92 Å². The first kappa shape index (κ1) is 14.9. The van der Waals surface area contributed by atoms with Crippen molar-refractivity contribution in [3.05, 3.63) is 65.2 Å². The molecule has 0 aromatic heterocycles. The predicted molar refractivity (Wildman–Crippen MR) is 84.1 cm³/mol. The highest BCUT2D eigenvalue weighted by molar-refractivity contribution is 6.06. The van der Waals surface area contributed by atoms with Crippen LogP contribution in [0.25, 0.3) is 6.08 Å². The van der Waals surface area contributed by atoms with Gasteiger partial charge in [-0.2, -0.15) is 0 Å². The summed E-state index contributed by atoms with van der Waals surface area (Å²) < 4.78 is 10.4. The van der Waals surface area contributed by atoms with Crippen LogP contribution in [0.15, 0.2) is 48.5 Å². The van der Waals surface area contributed by atoms with E-state index < -0.39 is 0 Å². The van der Waals surface area contributed by atoms with Crippen LogP contribution in [0.5, 0.6) is 11.5 Å². The zero-order valence-corrected chi connectivity index (χ0v) is 12.4. The number of rotatable bonds is 5. The van der Waals surface area contributed by atoms with Gasteiger partial charge in [-0.1, -0.05) is 35.9 Å². The molecule has 2 aromatic rings. The van der Waals surface area contributed by atoms with E-state index in [2.05, 4.69) is 0 Å². The second-order valence-corrected chi connectivity index (χ2v) is 4.71. The minimum absolute atomic E-state index is 0.0308. The van der Waals surface area contributed by atoms with E-state index >= 15 is 0 Å². The molecule has 0 saturated carbocycles. The largest absolute Gasteiger partial charge is 0.497 e. The normalized spacial score (nSPS) is 10.6. The maximum Gasteiger partial charge on any atom is 0.185 e. The van der Waals surface area contributed by atoms with Gasteiger partial charge in [-0.05, 0) is 30.7 Å². The fourth-order valence-corrected chi connectivity index (χ4v) is 1.91. The number of ketones is 1. The Kier molecular flexibility index (Phi) is 4.77. The van der Waals surface area contributed by atoms with Crippen molar-refractivity contribution in [3.8, 4) is 11.5 Å². The van der Waals surface area contributed by atoms with Crippen LogP contribution in [0.3, 0.4) is 0 Å². The van der Waals surface area contributed by atoms with Crippen LogP contribution in [0.1, 0.15) is 21.5 Å². The molecular formula is C18H18O3. The molecule has 0 radical (unpaired) electrons. The molecule has 0 unspecified atom stereocenters. The standard InChI is InChI=1S/C18H18O3/c1-13-4-7-15(8-5-13)18(19)9-6-14-10-16(20-2)12-17(11-14)21-3/h4-12H,1-3H3/b9-6+. The van der Waals surface area contributed by atoms with Crippen LogP contribution in [-0.4, -0.2) is 20.0 Å². The Hall–Kier alpha value is -2.55. The lowest BCUT2D eigenvalue weighted by Gasteiger charge is -2.05. The Morgan fingerprint density at radius 3 is 2.05 bits per heavy atom. The molecule has 3 nitrogen and oxygen atoms in total. The molecule has 21 heavy (non-hydrogen) atoms. The lowest BCUT2D eigenvalue weighted by atomic mass is 10.1. The first-order valence-electron chi connectivity index (χ1n) is 6.64. The second kappa shape index (κ2) is 6.75. The molecule has 0 aliphatic rings. The number of ether oxygens (including phenoxy) is 2. The Morgan fingerprint density at radius 2 is 1.52 bits per heavy atom. The first-order chi connectivity index (χ1) is 10.1. The molecule has 0 heterocycles. The molecule has 0 aliphatic heterocycles. The zero-order valence-electron chi connectivity index (χ0n) is 12.4. The summed E-state index contributed by atoms with van der Waals surface area (Å²) in [7, 11) is 3.19. The van der Waals surface area contributed by atoms with Crippen molar-refractivity contribution in [2.24, 2.45) is 0 Å². The average Bonchev–Trinajstić information content (AvgIpc) is 2.52. The third-order valence-electron chi connectivity index (χ3n) is 3.14. The summed E-state index contributed by atoms with van der Waals surface area (Å²) in [5.74, 6) is 1.35. The summed E-state index contributed by atoms with van der Waals surface area (Å²) in [5, 5.41) is 0. The molecular weight excluding hydrogens is 264 g/mol. The van der Waals surface area contributed by atoms with Crippen molar-refractivity contribution >= 4 is 11.9 Å². The van der Waals surface area contributed by atoms with Crippen molar-refractivity contribution in [2.75, 3.05) is 14.2 Å². The van der Waals surface area contributed by atoms with Gasteiger partial charge >= 0.3 is 0 Å². The van der Waals surface area contributed by atoms with E-state index in [1.807, 2.05) is 43.3 Å². The van der Waals surface area contributed by atoms with Crippen molar-refractivity contribution < 1.29 is 14.3 Å². The van der Waals surface area contributed by atoms with Gasteiger partial charge in [0.05, 0.1) is 14.2 Å². The van der Waals surface area contributed by atoms with Gasteiger partial charge in [0.25, 0.3) is 0 Å². The third-order valence-corrected chi connectivity index (χ3v) is 3.14. The van der Waals surface area contributed by atoms with Crippen LogP contribution >= 0.6 is 0 Å². The highest BCUT2D eigenvalue weighted by Crippen LogP contribution is 2.23. The summed E-state index contributed by atoms with van der Waals surface area (Å²) in [4.78, 5) is 12.1. The summed E-state index contributed by atoms with van der Waals surface area (Å²) in [6.45, 7) is 1.99. The number of hydrogen-bond donors (Lipinski definition) is 0. The SMILES string of the molecule is COc1cc(/C=C/C(=O)c2ccc(C)cc2)cc(OC)c1. The molecule has 2 aromatic carbocycles. The first-order valence-corrected chi connectivity index (χ1v) is 6.64. The molecule has 108 valence electrons. The lowest BCUT2D eigenvalue weighted by Crippen LogP contribution is -1.94. The van der Waals surface area contributed by atoms with Gasteiger partial charge in [-0.3, -0.25) is 4.79 Å². The van der Waals surface area contributed by atoms with E-state index in [-0.39, 0.29) is 5.78 Å². The average molecular weight is 282 g/mol. The van der Waals surface area contributed by atoms with E-state index in [4.69, 9.17) is 9.47 Å². The zero-order chi connectivity index (χ0) is 15.2. The molecule has 2 rings (SSSR count). The summed E-state index contributed by atoms with van der Waals surface area (Å²) in [6.07, 6.45) is 3.31. The summed E-state index contributed by atoms with van der Waals surface area (Å²) in [5.41, 5.74) is 2.66. The number of carbonyl (C=O) groups is 1. The number of hydrogen-bond acceptors (Lipinski definition) is 3. The smallest absolute Gasteiger partial charge is 0.185 e. The van der Waals surface area contributed by atoms with Crippen LogP contribution in [-0.2, 0) is 0 Å². The Labute approximate surface area is 124 Å². The topological polar surface area (TPSA) is 35.5 Å². The minimum atomic E-state index is -0.0308. The fourth-order valence-electron chi connectivity index (χ4n) is 1.91. The van der Waals surface area contributed by atoms with Gasteiger partial charge in [0.2, 0.25) is 0 Å². The summed E-state index contributed by atoms with van der Waals surface area (Å²) >= 11 is 0. The third kappa shape index (κ3) is 3.96. The highest BCUT2D eigenvalue weighted by Gasteiger charge is 2.02. The van der Waals surface area contributed by atoms with Gasteiger partial charge < -0.3 is 9.47 Å². The maximum atomic E-state index is 12.1. The molecule has 3 heteroatoms. The Bertz CT molecular complexity index is 632. The molecule has 0 amide bonds. The maximum absolute atomic E-state index is 12.1. The number of allylic oxidation sites excluding steroid dienone is 1. The minimum Gasteiger partial charge on any atom is -0.497 e. The van der Waals surface area contributed by atoms with E-state index in [9.17, 15) is 4.79 Å².